The Balaban J connectivity index is 1.76. The van der Waals surface area contributed by atoms with Crippen molar-refractivity contribution in [2.45, 2.75) is 40.5 Å². The largest absolute Gasteiger partial charge is 0.345 e. The molecule has 2 N–H and O–H groups in total. The number of carbonyl (C=O) groups is 1. The van der Waals surface area contributed by atoms with Crippen molar-refractivity contribution in [1.82, 2.24) is 15.0 Å². The summed E-state index contributed by atoms with van der Waals surface area (Å²) in [7, 11) is 0. The van der Waals surface area contributed by atoms with E-state index in [0.717, 1.165) is 33.6 Å². The van der Waals surface area contributed by atoms with Crippen molar-refractivity contribution >= 4 is 11.7 Å². The topological polar surface area (TPSA) is 87.7 Å². The molecule has 28 heavy (non-hydrogen) atoms. The highest BCUT2D eigenvalue weighted by Crippen LogP contribution is 2.27. The van der Waals surface area contributed by atoms with E-state index in [-0.39, 0.29) is 18.0 Å². The van der Waals surface area contributed by atoms with E-state index in [2.05, 4.69) is 20.3 Å². The number of carbonyl (C=O) groups excluding carboxylic acids is 1. The van der Waals surface area contributed by atoms with Crippen molar-refractivity contribution in [1.29, 1.82) is 0 Å². The smallest absolute Gasteiger partial charge is 0.311 e. The van der Waals surface area contributed by atoms with Crippen LogP contribution in [-0.4, -0.2) is 20.9 Å². The maximum Gasteiger partial charge on any atom is 0.345 e. The van der Waals surface area contributed by atoms with E-state index in [1.165, 1.54) is 0 Å². The molecule has 0 bridgehead atoms. The Morgan fingerprint density at radius 2 is 1.75 bits per heavy atom. The van der Waals surface area contributed by atoms with E-state index in [1.807, 2.05) is 57.2 Å². The molecule has 3 aromatic rings. The maximum atomic E-state index is 12.5. The number of rotatable bonds is 5. The molecule has 0 radical (unpaired) electrons. The van der Waals surface area contributed by atoms with Crippen LogP contribution >= 0.6 is 0 Å². The fraction of sp³-hybridized carbons (Fsp3) is 0.273. The summed E-state index contributed by atoms with van der Waals surface area (Å²) in [6.45, 7) is 7.58. The Morgan fingerprint density at radius 3 is 2.43 bits per heavy atom. The first-order valence-electron chi connectivity index (χ1n) is 9.25. The third kappa shape index (κ3) is 4.34. The van der Waals surface area contributed by atoms with Crippen LogP contribution in [-0.2, 0) is 11.2 Å². The van der Waals surface area contributed by atoms with Gasteiger partial charge in [0.15, 0.2) is 0 Å². The van der Waals surface area contributed by atoms with Gasteiger partial charge in [-0.15, -0.1) is 0 Å². The predicted molar refractivity (Wildman–Crippen MR) is 110 cm³/mol. The van der Waals surface area contributed by atoms with Gasteiger partial charge in [-0.2, -0.15) is 4.98 Å². The molecule has 0 fully saturated rings. The first-order chi connectivity index (χ1) is 13.3. The number of nitrogens with zero attached hydrogens (tertiary/aromatic N) is 2. The van der Waals surface area contributed by atoms with Gasteiger partial charge in [0.25, 0.3) is 0 Å². The average Bonchev–Trinajstić information content (AvgIpc) is 2.64. The van der Waals surface area contributed by atoms with Crippen LogP contribution in [0, 0.1) is 27.7 Å². The Hall–Kier alpha value is -3.28. The number of hydrogen-bond acceptors (Lipinski definition) is 4. The lowest BCUT2D eigenvalue weighted by Crippen LogP contribution is -2.18. The maximum absolute atomic E-state index is 12.5. The molecule has 3 rings (SSSR count). The number of benzene rings is 1. The van der Waals surface area contributed by atoms with Crippen LogP contribution < -0.4 is 11.0 Å². The quantitative estimate of drug-likeness (QED) is 0.712. The first kappa shape index (κ1) is 19.5. The number of nitrogens with one attached hydrogen (secondary N) is 2. The van der Waals surface area contributed by atoms with Gasteiger partial charge in [-0.25, -0.2) is 9.78 Å². The van der Waals surface area contributed by atoms with Crippen LogP contribution in [0.25, 0.3) is 11.1 Å². The van der Waals surface area contributed by atoms with Gasteiger partial charge in [0.05, 0.1) is 0 Å². The van der Waals surface area contributed by atoms with Gasteiger partial charge >= 0.3 is 5.69 Å². The van der Waals surface area contributed by atoms with E-state index in [4.69, 9.17) is 0 Å². The molecule has 6 nitrogen and oxygen atoms in total. The molecule has 0 unspecified atom stereocenters. The lowest BCUT2D eigenvalue weighted by molar-refractivity contribution is -0.116. The normalized spacial score (nSPS) is 10.7. The van der Waals surface area contributed by atoms with E-state index >= 15 is 0 Å². The fourth-order valence-electron chi connectivity index (χ4n) is 3.29. The summed E-state index contributed by atoms with van der Waals surface area (Å²) in [5.41, 5.74) is 6.06. The minimum atomic E-state index is -0.365. The molecule has 0 atom stereocenters. The second-order valence-electron chi connectivity index (χ2n) is 6.91. The van der Waals surface area contributed by atoms with Crippen molar-refractivity contribution < 1.29 is 4.79 Å². The fourth-order valence-corrected chi connectivity index (χ4v) is 3.29. The summed E-state index contributed by atoms with van der Waals surface area (Å²) < 4.78 is 0. The number of aromatic nitrogens is 3. The summed E-state index contributed by atoms with van der Waals surface area (Å²) in [6, 6.07) is 12.0. The van der Waals surface area contributed by atoms with Crippen LogP contribution in [0.15, 0.2) is 41.2 Å². The number of pyridine rings is 1. The summed E-state index contributed by atoms with van der Waals surface area (Å²) in [6.07, 6.45) is 0.786. The van der Waals surface area contributed by atoms with Crippen molar-refractivity contribution in [2.75, 3.05) is 5.32 Å². The molecule has 0 spiro atoms. The molecule has 1 aromatic carbocycles. The minimum Gasteiger partial charge on any atom is -0.311 e. The van der Waals surface area contributed by atoms with Crippen molar-refractivity contribution in [3.05, 3.63) is 75.1 Å². The minimum absolute atomic E-state index is 0.125. The summed E-state index contributed by atoms with van der Waals surface area (Å²) >= 11 is 0. The van der Waals surface area contributed by atoms with Gasteiger partial charge in [-0.3, -0.25) is 4.79 Å². The SMILES string of the molecule is Cc1nc(NC(=O)CCc2c(C)nc(=O)[nH]c2C)cc(-c2ccccc2)c1C. The molecule has 2 heterocycles. The zero-order valence-corrected chi connectivity index (χ0v) is 16.6. The zero-order valence-electron chi connectivity index (χ0n) is 16.6. The Kier molecular flexibility index (Phi) is 5.68. The molecule has 144 valence electrons. The molecule has 0 saturated heterocycles. The molecule has 0 aliphatic carbocycles. The Bertz CT molecular complexity index is 1050. The number of H-pyrrole nitrogens is 1. The van der Waals surface area contributed by atoms with Crippen LogP contribution in [0.1, 0.15) is 34.6 Å². The third-order valence-electron chi connectivity index (χ3n) is 4.92. The summed E-state index contributed by atoms with van der Waals surface area (Å²) in [5.74, 6) is 0.416. The number of aromatic amines is 1. The van der Waals surface area contributed by atoms with Crippen molar-refractivity contribution in [2.24, 2.45) is 0 Å². The van der Waals surface area contributed by atoms with E-state index < -0.39 is 0 Å². The Labute approximate surface area is 164 Å². The van der Waals surface area contributed by atoms with E-state index in [1.54, 1.807) is 6.92 Å². The van der Waals surface area contributed by atoms with E-state index in [9.17, 15) is 9.59 Å². The van der Waals surface area contributed by atoms with Gasteiger partial charge in [-0.1, -0.05) is 30.3 Å². The molecule has 2 aromatic heterocycles. The second kappa shape index (κ2) is 8.17. The molecular formula is C22H24N4O2. The number of anilines is 1. The van der Waals surface area contributed by atoms with Gasteiger partial charge in [0, 0.05) is 23.5 Å². The molecule has 0 aliphatic heterocycles. The Morgan fingerprint density at radius 1 is 1.04 bits per heavy atom. The number of aryl methyl sites for hydroxylation is 3. The molecular weight excluding hydrogens is 352 g/mol. The lowest BCUT2D eigenvalue weighted by Gasteiger charge is -2.13. The molecule has 1 amide bonds. The van der Waals surface area contributed by atoms with Gasteiger partial charge < -0.3 is 10.3 Å². The molecule has 6 heteroatoms. The van der Waals surface area contributed by atoms with Crippen LogP contribution in [0.5, 0.6) is 0 Å². The van der Waals surface area contributed by atoms with Gasteiger partial charge in [0.2, 0.25) is 5.91 Å². The second-order valence-corrected chi connectivity index (χ2v) is 6.91. The average molecular weight is 376 g/mol. The lowest BCUT2D eigenvalue weighted by atomic mass is 10.00. The van der Waals surface area contributed by atoms with Crippen molar-refractivity contribution in [3.63, 3.8) is 0 Å². The highest BCUT2D eigenvalue weighted by atomic mass is 16.1. The zero-order chi connectivity index (χ0) is 20.3. The van der Waals surface area contributed by atoms with Crippen molar-refractivity contribution in [3.8, 4) is 11.1 Å². The summed E-state index contributed by atoms with van der Waals surface area (Å²) in [4.78, 5) is 35.0. The monoisotopic (exact) mass is 376 g/mol. The highest BCUT2D eigenvalue weighted by Gasteiger charge is 2.12. The van der Waals surface area contributed by atoms with Crippen LogP contribution in [0.4, 0.5) is 5.82 Å². The first-order valence-corrected chi connectivity index (χ1v) is 9.25. The van der Waals surface area contributed by atoms with Gasteiger partial charge in [0.1, 0.15) is 5.82 Å². The molecule has 0 aliphatic rings. The third-order valence-corrected chi connectivity index (χ3v) is 4.92. The standard InChI is InChI=1S/C22H24N4O2/c1-13-14(2)23-20(12-19(13)17-8-6-5-7-9-17)26-21(27)11-10-18-15(3)24-22(28)25-16(18)4/h5-9,12H,10-11H2,1-4H3,(H,23,26,27)(H,24,25,28). The van der Waals surface area contributed by atoms with Gasteiger partial charge in [-0.05, 0) is 62.4 Å². The highest BCUT2D eigenvalue weighted by molar-refractivity contribution is 5.90. The van der Waals surface area contributed by atoms with Crippen LogP contribution in [0.2, 0.25) is 0 Å². The molecule has 0 saturated carbocycles. The van der Waals surface area contributed by atoms with Crippen LogP contribution in [0.3, 0.4) is 0 Å². The number of hydrogen-bond donors (Lipinski definition) is 2. The number of amides is 1. The summed E-state index contributed by atoms with van der Waals surface area (Å²) in [5, 5.41) is 2.90. The predicted octanol–water partition coefficient (Wildman–Crippen LogP) is 3.64. The van der Waals surface area contributed by atoms with E-state index in [0.29, 0.717) is 17.9 Å².